The number of benzene rings is 2. The van der Waals surface area contributed by atoms with E-state index >= 15 is 0 Å². The third-order valence-corrected chi connectivity index (χ3v) is 7.44. The van der Waals surface area contributed by atoms with Gasteiger partial charge in [-0.25, -0.2) is 0 Å². The maximum Gasteiger partial charge on any atom is 0.185 e. The molecule has 0 bridgehead atoms. The highest BCUT2D eigenvalue weighted by atomic mass is 28.4. The van der Waals surface area contributed by atoms with Crippen LogP contribution in [0.2, 0.25) is 39.3 Å². The monoisotopic (exact) mass is 518 g/mol. The molecule has 0 N–H and O–H groups in total. The lowest BCUT2D eigenvalue weighted by Gasteiger charge is -2.49. The molecule has 0 radical (unpaired) electrons. The van der Waals surface area contributed by atoms with Crippen LogP contribution in [0.4, 0.5) is 0 Å². The first-order valence-corrected chi connectivity index (χ1v) is 19.2. The second kappa shape index (κ2) is 12.7. The average molecular weight is 519 g/mol. The van der Waals surface area contributed by atoms with Crippen LogP contribution in [0.3, 0.4) is 0 Å². The van der Waals surface area contributed by atoms with Gasteiger partial charge in [0.15, 0.2) is 22.9 Å². The van der Waals surface area contributed by atoms with Gasteiger partial charge in [0.25, 0.3) is 0 Å². The number of hydrogen-bond donors (Lipinski definition) is 0. The highest BCUT2D eigenvalue weighted by Crippen LogP contribution is 2.33. The van der Waals surface area contributed by atoms with Crippen molar-refractivity contribution in [2.75, 3.05) is 13.7 Å². The Morgan fingerprint density at radius 2 is 1.20 bits per heavy atom. The van der Waals surface area contributed by atoms with E-state index in [1.54, 1.807) is 7.11 Å². The van der Waals surface area contributed by atoms with Crippen molar-refractivity contribution in [2.24, 2.45) is 0 Å². The van der Waals surface area contributed by atoms with E-state index < -0.39 is 22.9 Å². The largest absolute Gasteiger partial charge is 0.409 e. The van der Waals surface area contributed by atoms with Gasteiger partial charge < -0.3 is 27.8 Å². The molecular formula is C27H42O6Si2. The van der Waals surface area contributed by atoms with E-state index in [0.29, 0.717) is 19.8 Å². The van der Waals surface area contributed by atoms with Gasteiger partial charge in [0.2, 0.25) is 0 Å². The van der Waals surface area contributed by atoms with Gasteiger partial charge in [0.05, 0.1) is 19.8 Å². The Hall–Kier alpha value is -1.37. The van der Waals surface area contributed by atoms with Crippen molar-refractivity contribution in [2.45, 2.75) is 83.2 Å². The summed E-state index contributed by atoms with van der Waals surface area (Å²) in [7, 11) is -2.25. The van der Waals surface area contributed by atoms with Crippen molar-refractivity contribution in [1.82, 2.24) is 0 Å². The van der Waals surface area contributed by atoms with E-state index in [-0.39, 0.29) is 24.4 Å². The second-order valence-electron chi connectivity index (χ2n) is 10.9. The molecule has 6 nitrogen and oxygen atoms in total. The SMILES string of the molecule is CO[C@H]1O[C@H](COCc2ccccc2)[C@@H](OCc2ccccc2)[C@H](O[Si](C)(C)C)[C@@H]1O[Si](C)(C)C. The first-order chi connectivity index (χ1) is 16.6. The van der Waals surface area contributed by atoms with Gasteiger partial charge in [-0.2, -0.15) is 0 Å². The highest BCUT2D eigenvalue weighted by Gasteiger charge is 2.50. The summed E-state index contributed by atoms with van der Waals surface area (Å²) in [4.78, 5) is 0. The molecular weight excluding hydrogens is 476 g/mol. The molecule has 1 aliphatic rings. The Kier molecular flexibility index (Phi) is 10.3. The Bertz CT molecular complexity index is 869. The predicted octanol–water partition coefficient (Wildman–Crippen LogP) is 5.60. The van der Waals surface area contributed by atoms with E-state index in [1.807, 2.05) is 36.4 Å². The number of methoxy groups -OCH3 is 1. The summed E-state index contributed by atoms with van der Waals surface area (Å²) in [5.41, 5.74) is 2.21. The maximum atomic E-state index is 6.76. The van der Waals surface area contributed by atoms with E-state index in [1.165, 1.54) is 0 Å². The maximum absolute atomic E-state index is 6.76. The molecule has 0 unspecified atom stereocenters. The van der Waals surface area contributed by atoms with Crippen LogP contribution < -0.4 is 0 Å². The summed E-state index contributed by atoms with van der Waals surface area (Å²) >= 11 is 0. The van der Waals surface area contributed by atoms with Crippen LogP contribution in [0, 0.1) is 0 Å². The fraction of sp³-hybridized carbons (Fsp3) is 0.556. The minimum absolute atomic E-state index is 0.332. The minimum atomic E-state index is -1.96. The molecule has 3 rings (SSSR count). The molecule has 0 aliphatic carbocycles. The topological polar surface area (TPSA) is 55.4 Å². The van der Waals surface area contributed by atoms with Crippen molar-refractivity contribution >= 4 is 16.6 Å². The number of ether oxygens (including phenoxy) is 4. The second-order valence-corrected chi connectivity index (χ2v) is 19.9. The molecule has 2 aromatic rings. The molecule has 0 saturated carbocycles. The predicted molar refractivity (Wildman–Crippen MR) is 143 cm³/mol. The number of hydrogen-bond acceptors (Lipinski definition) is 6. The minimum Gasteiger partial charge on any atom is -0.409 e. The summed E-state index contributed by atoms with van der Waals surface area (Å²) in [6.45, 7) is 14.4. The molecule has 2 aromatic carbocycles. The third-order valence-electron chi connectivity index (χ3n) is 5.48. The zero-order valence-electron chi connectivity index (χ0n) is 22.2. The van der Waals surface area contributed by atoms with E-state index in [0.717, 1.165) is 11.1 Å². The van der Waals surface area contributed by atoms with E-state index in [2.05, 4.69) is 63.5 Å². The van der Waals surface area contributed by atoms with Gasteiger partial charge >= 0.3 is 0 Å². The smallest absolute Gasteiger partial charge is 0.185 e. The summed E-state index contributed by atoms with van der Waals surface area (Å²) in [6, 6.07) is 20.3. The summed E-state index contributed by atoms with van der Waals surface area (Å²) in [6.07, 6.45) is -2.02. The Labute approximate surface area is 213 Å². The van der Waals surface area contributed by atoms with Gasteiger partial charge in [0.1, 0.15) is 24.4 Å². The zero-order valence-corrected chi connectivity index (χ0v) is 24.2. The van der Waals surface area contributed by atoms with Crippen LogP contribution in [0.15, 0.2) is 60.7 Å². The molecule has 1 aliphatic heterocycles. The van der Waals surface area contributed by atoms with Gasteiger partial charge in [-0.3, -0.25) is 0 Å². The first kappa shape index (κ1) is 28.2. The van der Waals surface area contributed by atoms with Crippen molar-refractivity contribution in [3.05, 3.63) is 71.8 Å². The Morgan fingerprint density at radius 1 is 0.686 bits per heavy atom. The lowest BCUT2D eigenvalue weighted by molar-refractivity contribution is -0.298. The molecule has 0 amide bonds. The quantitative estimate of drug-likeness (QED) is 0.341. The summed E-state index contributed by atoms with van der Waals surface area (Å²) in [5.74, 6) is 0. The molecule has 35 heavy (non-hydrogen) atoms. The van der Waals surface area contributed by atoms with Crippen LogP contribution in [0.5, 0.6) is 0 Å². The van der Waals surface area contributed by atoms with Crippen LogP contribution in [0.1, 0.15) is 11.1 Å². The van der Waals surface area contributed by atoms with Crippen molar-refractivity contribution in [3.8, 4) is 0 Å². The molecule has 1 heterocycles. The van der Waals surface area contributed by atoms with Crippen LogP contribution >= 0.6 is 0 Å². The van der Waals surface area contributed by atoms with Crippen molar-refractivity contribution in [3.63, 3.8) is 0 Å². The first-order valence-electron chi connectivity index (χ1n) is 12.4. The van der Waals surface area contributed by atoms with Crippen molar-refractivity contribution in [1.29, 1.82) is 0 Å². The van der Waals surface area contributed by atoms with Gasteiger partial charge in [-0.1, -0.05) is 60.7 Å². The standard InChI is InChI=1S/C27H42O6Si2/c1-28-27-26(33-35(5,6)7)25(32-34(2,3)4)24(30-19-22-16-12-9-13-17-22)23(31-27)20-29-18-21-14-10-8-11-15-21/h8-17,23-27H,18-20H2,1-7H3/t23-,24-,25+,26+,27+/m1/s1. The van der Waals surface area contributed by atoms with E-state index in [4.69, 9.17) is 27.8 Å². The molecule has 5 atom stereocenters. The van der Waals surface area contributed by atoms with Crippen LogP contribution in [-0.2, 0) is 41.0 Å². The van der Waals surface area contributed by atoms with Crippen LogP contribution in [0.25, 0.3) is 0 Å². The Balaban J connectivity index is 1.85. The number of rotatable bonds is 12. The molecule has 194 valence electrons. The molecule has 8 heteroatoms. The lowest BCUT2D eigenvalue weighted by Crippen LogP contribution is -2.64. The molecule has 0 spiro atoms. The van der Waals surface area contributed by atoms with Gasteiger partial charge in [0, 0.05) is 7.11 Å². The van der Waals surface area contributed by atoms with E-state index in [9.17, 15) is 0 Å². The highest BCUT2D eigenvalue weighted by molar-refractivity contribution is 6.70. The fourth-order valence-corrected chi connectivity index (χ4v) is 6.26. The fourth-order valence-electron chi connectivity index (χ4n) is 4.11. The average Bonchev–Trinajstić information content (AvgIpc) is 2.79. The lowest BCUT2D eigenvalue weighted by atomic mass is 9.99. The molecule has 0 aromatic heterocycles. The Morgan fingerprint density at radius 3 is 1.71 bits per heavy atom. The van der Waals surface area contributed by atoms with Crippen LogP contribution in [-0.4, -0.2) is 61.1 Å². The molecule has 1 saturated heterocycles. The van der Waals surface area contributed by atoms with Gasteiger partial charge in [-0.15, -0.1) is 0 Å². The normalized spacial score (nSPS) is 25.5. The van der Waals surface area contributed by atoms with Gasteiger partial charge in [-0.05, 0) is 50.4 Å². The zero-order chi connectivity index (χ0) is 25.5. The summed E-state index contributed by atoms with van der Waals surface area (Å²) in [5, 5.41) is 0. The summed E-state index contributed by atoms with van der Waals surface area (Å²) < 4.78 is 38.3. The third kappa shape index (κ3) is 9.22. The van der Waals surface area contributed by atoms with Crippen molar-refractivity contribution < 1.29 is 27.8 Å². The molecule has 1 fully saturated rings.